The highest BCUT2D eigenvalue weighted by molar-refractivity contribution is 5.69. The molecule has 0 radical (unpaired) electrons. The van der Waals surface area contributed by atoms with E-state index in [0.29, 0.717) is 31.7 Å². The van der Waals surface area contributed by atoms with Gasteiger partial charge in [0.05, 0.1) is 12.8 Å². The van der Waals surface area contributed by atoms with Crippen molar-refractivity contribution in [2.75, 3.05) is 30.3 Å². The van der Waals surface area contributed by atoms with Gasteiger partial charge in [0, 0.05) is 41.8 Å². The Morgan fingerprint density at radius 1 is 1.19 bits per heavy atom. The number of nitrogens with zero attached hydrogens (tertiary/aromatic N) is 5. The summed E-state index contributed by atoms with van der Waals surface area (Å²) >= 11 is 0. The Bertz CT molecular complexity index is 1470. The van der Waals surface area contributed by atoms with Gasteiger partial charge in [0.25, 0.3) is 0 Å². The predicted molar refractivity (Wildman–Crippen MR) is 170 cm³/mol. The van der Waals surface area contributed by atoms with Crippen molar-refractivity contribution in [3.05, 3.63) is 41.1 Å². The minimum atomic E-state index is -0.541. The summed E-state index contributed by atoms with van der Waals surface area (Å²) < 4.78 is 13.9. The molecule has 1 atom stereocenters. The van der Waals surface area contributed by atoms with E-state index < -0.39 is 5.60 Å². The van der Waals surface area contributed by atoms with Crippen LogP contribution in [-0.2, 0) is 17.7 Å². The molecular weight excluding hydrogens is 542 g/mol. The zero-order valence-electron chi connectivity index (χ0n) is 27.4. The fourth-order valence-corrected chi connectivity index (χ4v) is 6.09. The summed E-state index contributed by atoms with van der Waals surface area (Å²) in [4.78, 5) is 24.7. The summed E-state index contributed by atoms with van der Waals surface area (Å²) in [5.74, 6) is 1.07. The molecule has 4 heterocycles. The van der Waals surface area contributed by atoms with Crippen LogP contribution < -0.4 is 15.4 Å². The number of nitrogens with one attached hydrogen (secondary N) is 2. The number of rotatable bonds is 8. The van der Waals surface area contributed by atoms with E-state index in [4.69, 9.17) is 19.4 Å². The average Bonchev–Trinajstić information content (AvgIpc) is 3.57. The lowest BCUT2D eigenvalue weighted by atomic mass is 9.72. The normalized spacial score (nSPS) is 18.5. The van der Waals surface area contributed by atoms with Crippen molar-refractivity contribution >= 4 is 23.4 Å². The number of anilines is 2. The van der Waals surface area contributed by atoms with Gasteiger partial charge in [0.15, 0.2) is 5.65 Å². The standard InChI is InChI=1S/C33H49N7O3/c1-21(2)25-18-36-40-27(25)37-29(38-28(40)35-17-22-11-10-12-26-24(22)14-16-34-26)42-20-32(6,7)23-13-15-33(8,9)39(19-23)30(41)43-31(3,4)5/h10-12,18,21,23,34H,13-17,19-20H2,1-9H3,(H,35,37,38)/t23-/m0/s1. The van der Waals surface area contributed by atoms with Crippen LogP contribution in [0, 0.1) is 11.3 Å². The van der Waals surface area contributed by atoms with E-state index in [9.17, 15) is 4.79 Å². The molecule has 1 fully saturated rings. The third-order valence-electron chi connectivity index (χ3n) is 8.93. The maximum atomic E-state index is 13.2. The summed E-state index contributed by atoms with van der Waals surface area (Å²) in [5, 5.41) is 11.6. The third-order valence-corrected chi connectivity index (χ3v) is 8.93. The molecule has 2 aromatic heterocycles. The summed E-state index contributed by atoms with van der Waals surface area (Å²) in [6.07, 6.45) is 4.51. The van der Waals surface area contributed by atoms with Gasteiger partial charge in [-0.05, 0) is 82.9 Å². The monoisotopic (exact) mass is 591 g/mol. The number of piperidine rings is 1. The number of hydrogen-bond donors (Lipinski definition) is 2. The molecule has 10 heteroatoms. The molecule has 1 amide bonds. The molecule has 0 aliphatic carbocycles. The van der Waals surface area contributed by atoms with Gasteiger partial charge in [-0.25, -0.2) is 4.79 Å². The molecule has 2 N–H and O–H groups in total. The fourth-order valence-electron chi connectivity index (χ4n) is 6.09. The predicted octanol–water partition coefficient (Wildman–Crippen LogP) is 6.66. The molecule has 2 aliphatic heterocycles. The topological polar surface area (TPSA) is 106 Å². The van der Waals surface area contributed by atoms with Crippen LogP contribution in [0.3, 0.4) is 0 Å². The zero-order chi connectivity index (χ0) is 31.2. The van der Waals surface area contributed by atoms with Crippen LogP contribution in [0.4, 0.5) is 16.4 Å². The lowest BCUT2D eigenvalue weighted by molar-refractivity contribution is -0.0369. The number of hydrogen-bond acceptors (Lipinski definition) is 8. The summed E-state index contributed by atoms with van der Waals surface area (Å²) in [7, 11) is 0. The largest absolute Gasteiger partial charge is 0.463 e. The molecule has 0 unspecified atom stereocenters. The minimum Gasteiger partial charge on any atom is -0.463 e. The Morgan fingerprint density at radius 3 is 2.67 bits per heavy atom. The quantitative estimate of drug-likeness (QED) is 0.300. The van der Waals surface area contributed by atoms with Gasteiger partial charge >= 0.3 is 12.1 Å². The van der Waals surface area contributed by atoms with Crippen molar-refractivity contribution in [1.29, 1.82) is 0 Å². The van der Waals surface area contributed by atoms with E-state index in [1.165, 1.54) is 16.8 Å². The van der Waals surface area contributed by atoms with E-state index in [1.54, 1.807) is 4.52 Å². The maximum Gasteiger partial charge on any atom is 0.410 e. The maximum absolute atomic E-state index is 13.2. The van der Waals surface area contributed by atoms with Crippen molar-refractivity contribution in [3.63, 3.8) is 0 Å². The average molecular weight is 592 g/mol. The van der Waals surface area contributed by atoms with E-state index >= 15 is 0 Å². The number of amides is 1. The number of likely N-dealkylation sites (tertiary alicyclic amines) is 1. The second-order valence-electron chi connectivity index (χ2n) is 14.7. The third kappa shape index (κ3) is 6.68. The summed E-state index contributed by atoms with van der Waals surface area (Å²) in [5.41, 5.74) is 4.53. The highest BCUT2D eigenvalue weighted by Crippen LogP contribution is 2.40. The molecule has 0 bridgehead atoms. The van der Waals surface area contributed by atoms with E-state index in [-0.39, 0.29) is 28.9 Å². The van der Waals surface area contributed by atoms with Gasteiger partial charge in [-0.1, -0.05) is 39.8 Å². The second kappa shape index (κ2) is 11.5. The number of aromatic nitrogens is 4. The van der Waals surface area contributed by atoms with Crippen molar-refractivity contribution in [2.24, 2.45) is 11.3 Å². The number of ether oxygens (including phenoxy) is 2. The Morgan fingerprint density at radius 2 is 1.95 bits per heavy atom. The van der Waals surface area contributed by atoms with Gasteiger partial charge < -0.3 is 25.0 Å². The van der Waals surface area contributed by atoms with E-state index in [2.05, 4.69) is 75.5 Å². The van der Waals surface area contributed by atoms with Crippen molar-refractivity contribution < 1.29 is 14.3 Å². The molecule has 5 rings (SSSR count). The highest BCUT2D eigenvalue weighted by Gasteiger charge is 2.44. The van der Waals surface area contributed by atoms with Crippen LogP contribution in [0.15, 0.2) is 24.4 Å². The van der Waals surface area contributed by atoms with E-state index in [1.807, 2.05) is 31.9 Å². The molecule has 1 saturated heterocycles. The molecule has 43 heavy (non-hydrogen) atoms. The Labute approximate surface area is 255 Å². The summed E-state index contributed by atoms with van der Waals surface area (Å²) in [6, 6.07) is 6.70. The van der Waals surface area contributed by atoms with Crippen LogP contribution in [0.1, 0.15) is 97.8 Å². The first-order valence-electron chi connectivity index (χ1n) is 15.6. The molecule has 1 aromatic carbocycles. The van der Waals surface area contributed by atoms with Crippen LogP contribution in [0.25, 0.3) is 5.65 Å². The number of fused-ring (bicyclic) bond motifs is 2. The van der Waals surface area contributed by atoms with Crippen LogP contribution in [0.5, 0.6) is 6.01 Å². The smallest absolute Gasteiger partial charge is 0.410 e. The minimum absolute atomic E-state index is 0.226. The Balaban J connectivity index is 1.35. The molecular formula is C33H49N7O3. The van der Waals surface area contributed by atoms with Gasteiger partial charge in [0.1, 0.15) is 5.60 Å². The van der Waals surface area contributed by atoms with E-state index in [0.717, 1.165) is 37.0 Å². The van der Waals surface area contributed by atoms with Gasteiger partial charge in [-0.3, -0.25) is 0 Å². The SMILES string of the molecule is CC(C)c1cnn2c(NCc3cccc4c3CCN4)nc(OCC(C)(C)[C@H]3CCC(C)(C)N(C(=O)OC(C)(C)C)C3)nc12. The Hall–Kier alpha value is -3.56. The van der Waals surface area contributed by atoms with Gasteiger partial charge in [0.2, 0.25) is 5.95 Å². The van der Waals surface area contributed by atoms with Crippen LogP contribution in [-0.4, -0.2) is 61.4 Å². The molecule has 3 aromatic rings. The van der Waals surface area contributed by atoms with Crippen LogP contribution in [0.2, 0.25) is 0 Å². The second-order valence-corrected chi connectivity index (χ2v) is 14.7. The fraction of sp³-hybridized carbons (Fsp3) is 0.636. The molecule has 0 spiro atoms. The molecule has 0 saturated carbocycles. The molecule has 2 aliphatic rings. The first kappa shape index (κ1) is 30.9. The lowest BCUT2D eigenvalue weighted by Crippen LogP contribution is -2.57. The number of carbonyl (C=O) groups excluding carboxylic acids is 1. The zero-order valence-corrected chi connectivity index (χ0v) is 27.4. The van der Waals surface area contributed by atoms with Crippen LogP contribution >= 0.6 is 0 Å². The first-order valence-corrected chi connectivity index (χ1v) is 15.6. The Kier molecular flexibility index (Phi) is 8.26. The van der Waals surface area contributed by atoms with Gasteiger partial charge in [-0.15, -0.1) is 0 Å². The molecule has 234 valence electrons. The van der Waals surface area contributed by atoms with Crippen molar-refractivity contribution in [2.45, 2.75) is 105 Å². The summed E-state index contributed by atoms with van der Waals surface area (Å²) in [6.45, 7) is 21.2. The first-order chi connectivity index (χ1) is 20.1. The van der Waals surface area contributed by atoms with Crippen molar-refractivity contribution in [3.8, 4) is 6.01 Å². The highest BCUT2D eigenvalue weighted by atomic mass is 16.6. The number of carbonyl (C=O) groups is 1. The lowest BCUT2D eigenvalue weighted by Gasteiger charge is -2.49. The van der Waals surface area contributed by atoms with Gasteiger partial charge in [-0.2, -0.15) is 19.6 Å². The molecule has 10 nitrogen and oxygen atoms in total. The number of benzene rings is 1. The van der Waals surface area contributed by atoms with Crippen molar-refractivity contribution in [1.82, 2.24) is 24.5 Å².